The zero-order valence-electron chi connectivity index (χ0n) is 9.30. The van der Waals surface area contributed by atoms with E-state index in [4.69, 9.17) is 16.9 Å². The molecule has 0 saturated heterocycles. The van der Waals surface area contributed by atoms with E-state index >= 15 is 0 Å². The van der Waals surface area contributed by atoms with Crippen molar-refractivity contribution in [2.45, 2.75) is 18.1 Å². The van der Waals surface area contributed by atoms with Gasteiger partial charge in [0.1, 0.15) is 0 Å². The van der Waals surface area contributed by atoms with Gasteiger partial charge in [0.05, 0.1) is 17.2 Å². The first-order valence-corrected chi connectivity index (χ1v) is 7.47. The molecule has 1 aromatic rings. The van der Waals surface area contributed by atoms with Gasteiger partial charge in [0.25, 0.3) is 0 Å². The number of nitrogens with zero attached hydrogens (tertiary/aromatic N) is 1. The Morgan fingerprint density at radius 3 is 2.41 bits per heavy atom. The summed E-state index contributed by atoms with van der Waals surface area (Å²) >= 11 is 5.78. The molecule has 0 bridgehead atoms. The second kappa shape index (κ2) is 4.32. The Morgan fingerprint density at radius 2 is 1.94 bits per heavy atom. The van der Waals surface area contributed by atoms with Crippen molar-refractivity contribution in [2.24, 2.45) is 5.92 Å². The minimum absolute atomic E-state index is 0.0833. The van der Waals surface area contributed by atoms with E-state index in [1.54, 1.807) is 31.2 Å². The van der Waals surface area contributed by atoms with E-state index in [2.05, 4.69) is 6.07 Å². The normalized spacial score (nSPS) is 27.5. The van der Waals surface area contributed by atoms with Gasteiger partial charge in [-0.15, -0.1) is 0 Å². The highest BCUT2D eigenvalue weighted by molar-refractivity contribution is 7.92. The van der Waals surface area contributed by atoms with Crippen LogP contribution in [-0.4, -0.2) is 19.4 Å². The topological polar surface area (TPSA) is 57.9 Å². The summed E-state index contributed by atoms with van der Waals surface area (Å²) in [5.74, 6) is -0.525. The molecule has 3 unspecified atom stereocenters. The van der Waals surface area contributed by atoms with Crippen molar-refractivity contribution in [1.29, 1.82) is 5.26 Å². The Kier molecular flexibility index (Phi) is 3.15. The average molecular weight is 270 g/mol. The third-order valence-corrected chi connectivity index (χ3v) is 5.65. The average Bonchev–Trinajstić information content (AvgIpc) is 3.05. The molecule has 3 nitrogen and oxygen atoms in total. The molecule has 0 heterocycles. The predicted molar refractivity (Wildman–Crippen MR) is 66.5 cm³/mol. The van der Waals surface area contributed by atoms with Crippen molar-refractivity contribution in [3.05, 3.63) is 34.9 Å². The van der Waals surface area contributed by atoms with Crippen LogP contribution >= 0.6 is 11.6 Å². The smallest absolute Gasteiger partial charge is 0.154 e. The predicted octanol–water partition coefficient (Wildman–Crippen LogP) is 2.38. The van der Waals surface area contributed by atoms with Crippen LogP contribution in [0.15, 0.2) is 24.3 Å². The Labute approximate surface area is 106 Å². The van der Waals surface area contributed by atoms with Crippen LogP contribution in [-0.2, 0) is 9.84 Å². The number of sulfone groups is 1. The standard InChI is InChI=1S/C12H12ClNO2S/c1-2-17(15,16)12-10(7-14)11(12)8-3-5-9(13)6-4-8/h3-6,10-12H,2H2,1H3. The molecule has 1 aliphatic rings. The van der Waals surface area contributed by atoms with Crippen LogP contribution in [0.1, 0.15) is 18.4 Å². The Bertz CT molecular complexity index is 559. The first-order chi connectivity index (χ1) is 8.01. The molecule has 0 spiro atoms. The summed E-state index contributed by atoms with van der Waals surface area (Å²) in [7, 11) is -3.15. The third-order valence-electron chi connectivity index (χ3n) is 3.17. The van der Waals surface area contributed by atoms with Crippen LogP contribution in [0.2, 0.25) is 5.02 Å². The number of rotatable bonds is 3. The maximum absolute atomic E-state index is 11.8. The summed E-state index contributed by atoms with van der Waals surface area (Å²) in [6.07, 6.45) is 0. The highest BCUT2D eigenvalue weighted by atomic mass is 35.5. The van der Waals surface area contributed by atoms with Crippen LogP contribution in [0.5, 0.6) is 0 Å². The maximum atomic E-state index is 11.8. The molecule has 1 saturated carbocycles. The largest absolute Gasteiger partial charge is 0.228 e. The molecular formula is C12H12ClNO2S. The Hall–Kier alpha value is -1.05. The van der Waals surface area contributed by atoms with Crippen molar-refractivity contribution in [3.8, 4) is 6.07 Å². The molecule has 0 amide bonds. The SMILES string of the molecule is CCS(=O)(=O)C1C(C#N)C1c1ccc(Cl)cc1. The van der Waals surface area contributed by atoms with Gasteiger partial charge in [-0.05, 0) is 17.7 Å². The lowest BCUT2D eigenvalue weighted by atomic mass is 10.1. The molecule has 2 rings (SSSR count). The molecule has 1 aliphatic carbocycles. The van der Waals surface area contributed by atoms with E-state index in [0.717, 1.165) is 5.56 Å². The summed E-state index contributed by atoms with van der Waals surface area (Å²) in [4.78, 5) is 0. The second-order valence-electron chi connectivity index (χ2n) is 4.15. The fourth-order valence-corrected chi connectivity index (χ4v) is 4.03. The molecular weight excluding hydrogens is 258 g/mol. The van der Waals surface area contributed by atoms with E-state index in [1.807, 2.05) is 0 Å². The summed E-state index contributed by atoms with van der Waals surface area (Å²) in [6.45, 7) is 1.61. The van der Waals surface area contributed by atoms with E-state index in [-0.39, 0.29) is 11.7 Å². The molecule has 1 aromatic carbocycles. The molecule has 17 heavy (non-hydrogen) atoms. The van der Waals surface area contributed by atoms with Gasteiger partial charge in [0.15, 0.2) is 9.84 Å². The van der Waals surface area contributed by atoms with Crippen LogP contribution in [0.3, 0.4) is 0 Å². The molecule has 5 heteroatoms. The summed E-state index contributed by atoms with van der Waals surface area (Å²) < 4.78 is 23.6. The molecule has 1 fully saturated rings. The number of halogens is 1. The van der Waals surface area contributed by atoms with Crippen molar-refractivity contribution in [3.63, 3.8) is 0 Å². The zero-order chi connectivity index (χ0) is 12.6. The highest BCUT2D eigenvalue weighted by Crippen LogP contribution is 2.52. The zero-order valence-corrected chi connectivity index (χ0v) is 10.9. The first-order valence-electron chi connectivity index (χ1n) is 5.38. The molecule has 0 radical (unpaired) electrons. The van der Waals surface area contributed by atoms with Gasteiger partial charge in [-0.2, -0.15) is 5.26 Å². The number of nitriles is 1. The maximum Gasteiger partial charge on any atom is 0.154 e. The fourth-order valence-electron chi connectivity index (χ4n) is 2.16. The van der Waals surface area contributed by atoms with Gasteiger partial charge in [-0.3, -0.25) is 0 Å². The van der Waals surface area contributed by atoms with Gasteiger partial charge in [0, 0.05) is 16.7 Å². The number of hydrogen-bond acceptors (Lipinski definition) is 3. The summed E-state index contributed by atoms with van der Waals surface area (Å²) in [5.41, 5.74) is 0.878. The molecule has 0 aromatic heterocycles. The lowest BCUT2D eigenvalue weighted by Crippen LogP contribution is -2.12. The van der Waals surface area contributed by atoms with E-state index in [9.17, 15) is 8.42 Å². The van der Waals surface area contributed by atoms with Gasteiger partial charge in [-0.1, -0.05) is 30.7 Å². The van der Waals surface area contributed by atoms with E-state index in [0.29, 0.717) is 5.02 Å². The third kappa shape index (κ3) is 2.18. The fraction of sp³-hybridized carbons (Fsp3) is 0.417. The minimum Gasteiger partial charge on any atom is -0.228 e. The van der Waals surface area contributed by atoms with Gasteiger partial charge >= 0.3 is 0 Å². The Morgan fingerprint density at radius 1 is 1.35 bits per heavy atom. The minimum atomic E-state index is -3.15. The van der Waals surface area contributed by atoms with Crippen LogP contribution in [0, 0.1) is 17.2 Å². The molecule has 90 valence electrons. The van der Waals surface area contributed by atoms with Crippen LogP contribution in [0.4, 0.5) is 0 Å². The van der Waals surface area contributed by atoms with Crippen molar-refractivity contribution in [2.75, 3.05) is 5.75 Å². The quantitative estimate of drug-likeness (QED) is 0.846. The van der Waals surface area contributed by atoms with Gasteiger partial charge in [-0.25, -0.2) is 8.42 Å². The van der Waals surface area contributed by atoms with Crippen LogP contribution in [0.25, 0.3) is 0 Å². The first kappa shape index (κ1) is 12.4. The highest BCUT2D eigenvalue weighted by Gasteiger charge is 2.58. The number of benzene rings is 1. The molecule has 3 atom stereocenters. The lowest BCUT2D eigenvalue weighted by Gasteiger charge is -2.00. The second-order valence-corrected chi connectivity index (χ2v) is 7.03. The molecule has 0 aliphatic heterocycles. The van der Waals surface area contributed by atoms with Crippen LogP contribution < -0.4 is 0 Å². The summed E-state index contributed by atoms with van der Waals surface area (Å²) in [6, 6.07) is 9.11. The lowest BCUT2D eigenvalue weighted by molar-refractivity contribution is 0.594. The van der Waals surface area contributed by atoms with Crippen molar-refractivity contribution in [1.82, 2.24) is 0 Å². The van der Waals surface area contributed by atoms with Crippen molar-refractivity contribution >= 4 is 21.4 Å². The van der Waals surface area contributed by atoms with E-state index < -0.39 is 21.0 Å². The molecule has 0 N–H and O–H groups in total. The van der Waals surface area contributed by atoms with Gasteiger partial charge in [0.2, 0.25) is 0 Å². The van der Waals surface area contributed by atoms with Gasteiger partial charge < -0.3 is 0 Å². The van der Waals surface area contributed by atoms with E-state index in [1.165, 1.54) is 0 Å². The Balaban J connectivity index is 2.30. The van der Waals surface area contributed by atoms with Crippen molar-refractivity contribution < 1.29 is 8.42 Å². The summed E-state index contributed by atoms with van der Waals surface area (Å²) in [5, 5.41) is 9.05. The monoisotopic (exact) mass is 269 g/mol. The number of hydrogen-bond donors (Lipinski definition) is 0.